The van der Waals surface area contributed by atoms with Crippen LogP contribution in [0.5, 0.6) is 0 Å². The van der Waals surface area contributed by atoms with Gasteiger partial charge in [0.05, 0.1) is 10.5 Å². The summed E-state index contributed by atoms with van der Waals surface area (Å²) < 4.78 is 27.9. The van der Waals surface area contributed by atoms with Gasteiger partial charge < -0.3 is 5.32 Å². The number of amides is 1. The zero-order valence-electron chi connectivity index (χ0n) is 16.9. The topological polar surface area (TPSA) is 66.5 Å². The zero-order chi connectivity index (χ0) is 21.8. The molecule has 1 aliphatic rings. The summed E-state index contributed by atoms with van der Waals surface area (Å²) in [4.78, 5) is 13.2. The van der Waals surface area contributed by atoms with E-state index in [0.29, 0.717) is 29.7 Å². The molecule has 160 valence electrons. The molecular formula is C24H23BrN2O3S. The molecule has 0 atom stereocenters. The van der Waals surface area contributed by atoms with Crippen molar-refractivity contribution in [2.24, 2.45) is 0 Å². The first-order valence-corrected chi connectivity index (χ1v) is 12.4. The summed E-state index contributed by atoms with van der Waals surface area (Å²) >= 11 is 3.40. The number of benzene rings is 3. The summed E-state index contributed by atoms with van der Waals surface area (Å²) in [6.45, 7) is 1.04. The third-order valence-corrected chi connectivity index (χ3v) is 7.97. The van der Waals surface area contributed by atoms with E-state index in [9.17, 15) is 13.2 Å². The van der Waals surface area contributed by atoms with Crippen molar-refractivity contribution in [1.82, 2.24) is 4.31 Å². The molecule has 0 radical (unpaired) electrons. The lowest BCUT2D eigenvalue weighted by Gasteiger charge is -2.17. The lowest BCUT2D eigenvalue weighted by molar-refractivity contribution is 0.102. The molecule has 1 fully saturated rings. The van der Waals surface area contributed by atoms with Crippen LogP contribution in [-0.2, 0) is 16.4 Å². The molecule has 1 N–H and O–H groups in total. The van der Waals surface area contributed by atoms with Gasteiger partial charge in [-0.2, -0.15) is 4.31 Å². The van der Waals surface area contributed by atoms with Gasteiger partial charge in [0.25, 0.3) is 5.91 Å². The summed E-state index contributed by atoms with van der Waals surface area (Å²) in [6.07, 6.45) is 2.41. The molecule has 0 bridgehead atoms. The zero-order valence-corrected chi connectivity index (χ0v) is 19.3. The van der Waals surface area contributed by atoms with Crippen LogP contribution in [0.15, 0.2) is 82.2 Å². The number of carbonyl (C=O) groups excluding carboxylic acids is 1. The number of halogens is 1. The minimum absolute atomic E-state index is 0.139. The Labute approximate surface area is 191 Å². The second kappa shape index (κ2) is 9.34. The fraction of sp³-hybridized carbons (Fsp3) is 0.208. The van der Waals surface area contributed by atoms with Crippen LogP contribution in [0.4, 0.5) is 5.69 Å². The number of hydrogen-bond acceptors (Lipinski definition) is 3. The van der Waals surface area contributed by atoms with E-state index in [1.807, 2.05) is 54.6 Å². The van der Waals surface area contributed by atoms with Crippen molar-refractivity contribution in [3.63, 3.8) is 0 Å². The molecule has 0 aliphatic carbocycles. The molecule has 1 heterocycles. The third kappa shape index (κ3) is 4.89. The molecule has 31 heavy (non-hydrogen) atoms. The SMILES string of the molecule is O=C(Nc1ccccc1Cc1ccccc1)c1cc(S(=O)(=O)N2CCCC2)ccc1Br. The van der Waals surface area contributed by atoms with Gasteiger partial charge in [0.15, 0.2) is 0 Å². The van der Waals surface area contributed by atoms with Crippen LogP contribution >= 0.6 is 15.9 Å². The van der Waals surface area contributed by atoms with Gasteiger partial charge in [-0.25, -0.2) is 8.42 Å². The van der Waals surface area contributed by atoms with E-state index in [0.717, 1.165) is 24.0 Å². The first kappa shape index (κ1) is 21.7. The van der Waals surface area contributed by atoms with E-state index < -0.39 is 10.0 Å². The summed E-state index contributed by atoms with van der Waals surface area (Å²) in [5.41, 5.74) is 3.12. The molecule has 0 spiro atoms. The van der Waals surface area contributed by atoms with Crippen molar-refractivity contribution in [2.75, 3.05) is 18.4 Å². The second-order valence-electron chi connectivity index (χ2n) is 7.53. The molecule has 1 aliphatic heterocycles. The number of nitrogens with one attached hydrogen (secondary N) is 1. The minimum atomic E-state index is -3.60. The average molecular weight is 499 g/mol. The Kier molecular flexibility index (Phi) is 6.55. The fourth-order valence-corrected chi connectivity index (χ4v) is 5.69. The monoisotopic (exact) mass is 498 g/mol. The highest BCUT2D eigenvalue weighted by Gasteiger charge is 2.28. The summed E-state index contributed by atoms with van der Waals surface area (Å²) in [5, 5.41) is 2.96. The molecule has 3 aromatic rings. The van der Waals surface area contributed by atoms with Crippen LogP contribution < -0.4 is 5.32 Å². The molecule has 7 heteroatoms. The smallest absolute Gasteiger partial charge is 0.256 e. The van der Waals surface area contributed by atoms with E-state index in [4.69, 9.17) is 0 Å². The molecule has 0 aromatic heterocycles. The van der Waals surface area contributed by atoms with E-state index in [-0.39, 0.29) is 16.4 Å². The predicted octanol–water partition coefficient (Wildman–Crippen LogP) is 5.08. The molecule has 1 amide bonds. The molecule has 4 rings (SSSR count). The lowest BCUT2D eigenvalue weighted by atomic mass is 10.0. The Morgan fingerprint density at radius 3 is 2.35 bits per heavy atom. The summed E-state index contributed by atoms with van der Waals surface area (Å²) in [5.74, 6) is -0.356. The predicted molar refractivity (Wildman–Crippen MR) is 126 cm³/mol. The van der Waals surface area contributed by atoms with Crippen molar-refractivity contribution in [2.45, 2.75) is 24.2 Å². The first-order chi connectivity index (χ1) is 14.9. The highest BCUT2D eigenvalue weighted by Crippen LogP contribution is 2.27. The highest BCUT2D eigenvalue weighted by molar-refractivity contribution is 9.10. The normalized spacial score (nSPS) is 14.5. The Hall–Kier alpha value is -2.48. The number of anilines is 1. The Balaban J connectivity index is 1.60. The minimum Gasteiger partial charge on any atom is -0.322 e. The molecule has 5 nitrogen and oxygen atoms in total. The summed E-state index contributed by atoms with van der Waals surface area (Å²) in [6, 6.07) is 22.3. The molecule has 0 saturated carbocycles. The largest absolute Gasteiger partial charge is 0.322 e. The maximum Gasteiger partial charge on any atom is 0.256 e. The van der Waals surface area contributed by atoms with Crippen LogP contribution in [0.2, 0.25) is 0 Å². The molecule has 1 saturated heterocycles. The van der Waals surface area contributed by atoms with Gasteiger partial charge in [0.2, 0.25) is 10.0 Å². The van der Waals surface area contributed by atoms with Gasteiger partial charge in [-0.3, -0.25) is 4.79 Å². The van der Waals surface area contributed by atoms with Crippen LogP contribution in [0.25, 0.3) is 0 Å². The number of carbonyl (C=O) groups is 1. The van der Waals surface area contributed by atoms with Gasteiger partial charge in [-0.05, 0) is 70.6 Å². The number of rotatable bonds is 6. The third-order valence-electron chi connectivity index (χ3n) is 5.39. The van der Waals surface area contributed by atoms with E-state index in [2.05, 4.69) is 21.2 Å². The van der Waals surface area contributed by atoms with E-state index in [1.54, 1.807) is 6.07 Å². The van der Waals surface area contributed by atoms with Gasteiger partial charge >= 0.3 is 0 Å². The van der Waals surface area contributed by atoms with Crippen molar-refractivity contribution < 1.29 is 13.2 Å². The Morgan fingerprint density at radius 2 is 1.61 bits per heavy atom. The van der Waals surface area contributed by atoms with Crippen molar-refractivity contribution in [3.05, 3.63) is 94.0 Å². The fourth-order valence-electron chi connectivity index (χ4n) is 3.72. The maximum atomic E-state index is 13.1. The van der Waals surface area contributed by atoms with Crippen LogP contribution in [0.3, 0.4) is 0 Å². The lowest BCUT2D eigenvalue weighted by Crippen LogP contribution is -2.28. The van der Waals surface area contributed by atoms with Crippen LogP contribution in [0, 0.1) is 0 Å². The van der Waals surface area contributed by atoms with Gasteiger partial charge in [0.1, 0.15) is 0 Å². The highest BCUT2D eigenvalue weighted by atomic mass is 79.9. The number of sulfonamides is 1. The Bertz CT molecular complexity index is 1190. The van der Waals surface area contributed by atoms with Crippen molar-refractivity contribution in [1.29, 1.82) is 0 Å². The summed E-state index contributed by atoms with van der Waals surface area (Å²) in [7, 11) is -3.60. The molecule has 3 aromatic carbocycles. The van der Waals surface area contributed by atoms with Crippen molar-refractivity contribution >= 4 is 37.5 Å². The van der Waals surface area contributed by atoms with Gasteiger partial charge in [-0.1, -0.05) is 48.5 Å². The standard InChI is InChI=1S/C24H23BrN2O3S/c25-22-13-12-20(31(29,30)27-14-6-7-15-27)17-21(22)24(28)26-23-11-5-4-10-19(23)16-18-8-2-1-3-9-18/h1-5,8-13,17H,6-7,14-16H2,(H,26,28). The number of para-hydroxylation sites is 1. The van der Waals surface area contributed by atoms with Crippen LogP contribution in [-0.4, -0.2) is 31.7 Å². The first-order valence-electron chi connectivity index (χ1n) is 10.2. The van der Waals surface area contributed by atoms with Crippen molar-refractivity contribution in [3.8, 4) is 0 Å². The van der Waals surface area contributed by atoms with Gasteiger partial charge in [0, 0.05) is 23.2 Å². The number of hydrogen-bond donors (Lipinski definition) is 1. The van der Waals surface area contributed by atoms with E-state index >= 15 is 0 Å². The van der Waals surface area contributed by atoms with Crippen LogP contribution in [0.1, 0.15) is 34.3 Å². The molecular weight excluding hydrogens is 476 g/mol. The van der Waals surface area contributed by atoms with Gasteiger partial charge in [-0.15, -0.1) is 0 Å². The molecule has 0 unspecified atom stereocenters. The average Bonchev–Trinajstić information content (AvgIpc) is 3.32. The quantitative estimate of drug-likeness (QED) is 0.515. The maximum absolute atomic E-state index is 13.1. The second-order valence-corrected chi connectivity index (χ2v) is 10.3. The van der Waals surface area contributed by atoms with E-state index in [1.165, 1.54) is 16.4 Å². The number of nitrogens with zero attached hydrogens (tertiary/aromatic N) is 1. The Morgan fingerprint density at radius 1 is 0.935 bits per heavy atom.